The number of nitrogens with one attached hydrogen (secondary N) is 1. The molecule has 1 amide bonds. The summed E-state index contributed by atoms with van der Waals surface area (Å²) in [5, 5.41) is 2.96. The summed E-state index contributed by atoms with van der Waals surface area (Å²) >= 11 is 7.96. The van der Waals surface area contributed by atoms with Gasteiger partial charge in [0.25, 0.3) is 10.0 Å². The summed E-state index contributed by atoms with van der Waals surface area (Å²) in [5.41, 5.74) is 0.534. The molecule has 0 aliphatic carbocycles. The molecule has 1 atom stereocenters. The first-order valence-electron chi connectivity index (χ1n) is 9.41. The normalized spacial score (nSPS) is 17.9. The Labute approximate surface area is 198 Å². The van der Waals surface area contributed by atoms with E-state index in [1.54, 1.807) is 6.07 Å². The zero-order valence-electron chi connectivity index (χ0n) is 17.0. The van der Waals surface area contributed by atoms with Gasteiger partial charge in [-0.1, -0.05) is 22.9 Å². The van der Waals surface area contributed by atoms with Crippen LogP contribution in [0.4, 0.5) is 5.13 Å². The van der Waals surface area contributed by atoms with Crippen LogP contribution < -0.4 is 5.32 Å². The Balaban J connectivity index is 1.57. The Bertz CT molecular complexity index is 1400. The molecule has 0 saturated carbocycles. The molecular weight excluding hydrogens is 516 g/mol. The first-order valence-corrected chi connectivity index (χ1v) is 14.3. The van der Waals surface area contributed by atoms with Crippen molar-refractivity contribution in [1.29, 1.82) is 0 Å². The Morgan fingerprint density at radius 1 is 1.19 bits per heavy atom. The molecule has 0 bridgehead atoms. The van der Waals surface area contributed by atoms with Crippen LogP contribution in [0.3, 0.4) is 0 Å². The molecule has 4 rings (SSSR count). The number of carbonyl (C=O) groups excluding carboxylic acids is 1. The van der Waals surface area contributed by atoms with Gasteiger partial charge in [-0.2, -0.15) is 4.31 Å². The number of benzene rings is 1. The van der Waals surface area contributed by atoms with Crippen LogP contribution in [0, 0.1) is 0 Å². The fourth-order valence-corrected chi connectivity index (χ4v) is 8.54. The number of anilines is 1. The highest BCUT2D eigenvalue weighted by Gasteiger charge is 2.40. The number of hydrogen-bond donors (Lipinski definition) is 1. The Hall–Kier alpha value is -1.61. The van der Waals surface area contributed by atoms with Crippen LogP contribution in [0.5, 0.6) is 0 Å². The molecule has 2 aromatic heterocycles. The van der Waals surface area contributed by atoms with Crippen molar-refractivity contribution in [2.45, 2.75) is 28.0 Å². The summed E-state index contributed by atoms with van der Waals surface area (Å²) in [6.07, 6.45) is 0.947. The van der Waals surface area contributed by atoms with Crippen LogP contribution in [-0.2, 0) is 24.8 Å². The summed E-state index contributed by atoms with van der Waals surface area (Å²) in [6.45, 7) is 0.238. The molecule has 1 aliphatic heterocycles. The van der Waals surface area contributed by atoms with Crippen molar-refractivity contribution in [2.24, 2.45) is 0 Å². The number of hydrogen-bond acceptors (Lipinski definition) is 8. The number of halogens is 1. The summed E-state index contributed by atoms with van der Waals surface area (Å²) in [7, 11) is -4.55. The monoisotopic (exact) mass is 534 g/mol. The molecule has 172 valence electrons. The number of sulfonamides is 2. The van der Waals surface area contributed by atoms with E-state index in [1.807, 2.05) is 0 Å². The summed E-state index contributed by atoms with van der Waals surface area (Å²) in [6, 6.07) is 6.62. The molecule has 1 fully saturated rings. The minimum atomic E-state index is -3.84. The van der Waals surface area contributed by atoms with E-state index in [1.165, 1.54) is 42.7 Å². The van der Waals surface area contributed by atoms with E-state index in [0.29, 0.717) is 27.4 Å². The van der Waals surface area contributed by atoms with Crippen LogP contribution in [0.25, 0.3) is 10.2 Å². The predicted octanol–water partition coefficient (Wildman–Crippen LogP) is 3.05. The third kappa shape index (κ3) is 4.30. The van der Waals surface area contributed by atoms with E-state index in [2.05, 4.69) is 10.3 Å². The van der Waals surface area contributed by atoms with Gasteiger partial charge in [-0.25, -0.2) is 26.1 Å². The van der Waals surface area contributed by atoms with E-state index in [9.17, 15) is 21.6 Å². The zero-order valence-corrected chi connectivity index (χ0v) is 21.0. The minimum absolute atomic E-state index is 0.0943. The number of rotatable bonds is 6. The first kappa shape index (κ1) is 23.5. The molecule has 32 heavy (non-hydrogen) atoms. The lowest BCUT2D eigenvalue weighted by Gasteiger charge is -2.22. The van der Waals surface area contributed by atoms with Crippen molar-refractivity contribution in [1.82, 2.24) is 13.6 Å². The van der Waals surface area contributed by atoms with E-state index in [-0.39, 0.29) is 20.8 Å². The number of thiophene rings is 1. The number of thiazole rings is 1. The van der Waals surface area contributed by atoms with Gasteiger partial charge < -0.3 is 5.32 Å². The SMILES string of the molecule is CN(C)S(=O)(=O)c1ccc2nc(NC(=O)C3CCCN3S(=O)(=O)c3ccc(Cl)s3)sc2c1. The third-order valence-electron chi connectivity index (χ3n) is 4.99. The molecule has 9 nitrogen and oxygen atoms in total. The fourth-order valence-electron chi connectivity index (χ4n) is 3.36. The molecule has 1 saturated heterocycles. The van der Waals surface area contributed by atoms with Gasteiger partial charge in [0, 0.05) is 20.6 Å². The second-order valence-corrected chi connectivity index (χ2v) is 14.3. The average Bonchev–Trinajstić information content (AvgIpc) is 3.46. The number of carbonyl (C=O) groups is 1. The smallest absolute Gasteiger partial charge is 0.253 e. The van der Waals surface area contributed by atoms with Crippen molar-refractivity contribution in [3.8, 4) is 0 Å². The second kappa shape index (κ2) is 8.63. The van der Waals surface area contributed by atoms with Crippen LogP contribution in [0.15, 0.2) is 39.4 Å². The molecule has 3 aromatic rings. The quantitative estimate of drug-likeness (QED) is 0.519. The van der Waals surface area contributed by atoms with Crippen molar-refractivity contribution in [2.75, 3.05) is 26.0 Å². The largest absolute Gasteiger partial charge is 0.301 e. The molecular formula is C18H19ClN4O5S4. The van der Waals surface area contributed by atoms with Crippen LogP contribution in [0.2, 0.25) is 4.34 Å². The molecule has 0 spiro atoms. The Morgan fingerprint density at radius 2 is 1.94 bits per heavy atom. The van der Waals surface area contributed by atoms with Crippen molar-refractivity contribution in [3.05, 3.63) is 34.7 Å². The number of nitrogens with zero attached hydrogens (tertiary/aromatic N) is 3. The second-order valence-electron chi connectivity index (χ2n) is 7.26. The lowest BCUT2D eigenvalue weighted by molar-refractivity contribution is -0.119. The van der Waals surface area contributed by atoms with Crippen molar-refractivity contribution in [3.63, 3.8) is 0 Å². The van der Waals surface area contributed by atoms with Crippen molar-refractivity contribution < 1.29 is 21.6 Å². The van der Waals surface area contributed by atoms with E-state index in [4.69, 9.17) is 11.6 Å². The molecule has 1 unspecified atom stereocenters. The Kier molecular flexibility index (Phi) is 6.35. The maximum absolute atomic E-state index is 13.0. The van der Waals surface area contributed by atoms with Gasteiger partial charge in [0.1, 0.15) is 10.3 Å². The molecule has 3 heterocycles. The Morgan fingerprint density at radius 3 is 2.59 bits per heavy atom. The van der Waals surface area contributed by atoms with Gasteiger partial charge in [-0.3, -0.25) is 4.79 Å². The molecule has 14 heteroatoms. The van der Waals surface area contributed by atoms with Gasteiger partial charge >= 0.3 is 0 Å². The van der Waals surface area contributed by atoms with Crippen LogP contribution >= 0.6 is 34.3 Å². The maximum atomic E-state index is 13.0. The third-order valence-corrected chi connectivity index (χ3v) is 11.3. The highest BCUT2D eigenvalue weighted by molar-refractivity contribution is 7.91. The standard InChI is InChI=1S/C18H19ClN4O5S4/c1-22(2)31(25,26)11-5-6-12-14(10-11)29-18(20-12)21-17(24)13-4-3-9-23(13)32(27,28)16-8-7-15(19)30-16/h5-8,10,13H,3-4,9H2,1-2H3,(H,20,21,24). The number of amides is 1. The van der Waals surface area contributed by atoms with Gasteiger partial charge in [0.15, 0.2) is 5.13 Å². The summed E-state index contributed by atoms with van der Waals surface area (Å²) in [5.74, 6) is -0.478. The van der Waals surface area contributed by atoms with E-state index < -0.39 is 32.0 Å². The molecule has 0 radical (unpaired) electrons. The molecule has 1 aromatic carbocycles. The van der Waals surface area contributed by atoms with Crippen molar-refractivity contribution >= 4 is 75.6 Å². The van der Waals surface area contributed by atoms with Gasteiger partial charge in [0.2, 0.25) is 15.9 Å². The molecule has 1 aliphatic rings. The lowest BCUT2D eigenvalue weighted by Crippen LogP contribution is -2.42. The summed E-state index contributed by atoms with van der Waals surface area (Å²) in [4.78, 5) is 17.4. The highest BCUT2D eigenvalue weighted by Crippen LogP contribution is 2.33. The first-order chi connectivity index (χ1) is 15.0. The topological polar surface area (TPSA) is 117 Å². The highest BCUT2D eigenvalue weighted by atomic mass is 35.5. The van der Waals surface area contributed by atoms with Crippen LogP contribution in [-0.4, -0.2) is 63.0 Å². The van der Waals surface area contributed by atoms with E-state index in [0.717, 1.165) is 27.0 Å². The lowest BCUT2D eigenvalue weighted by atomic mass is 10.2. The minimum Gasteiger partial charge on any atom is -0.301 e. The average molecular weight is 535 g/mol. The predicted molar refractivity (Wildman–Crippen MR) is 125 cm³/mol. The number of aromatic nitrogens is 1. The number of fused-ring (bicyclic) bond motifs is 1. The molecule has 1 N–H and O–H groups in total. The zero-order chi connectivity index (χ0) is 23.3. The van der Waals surface area contributed by atoms with Gasteiger partial charge in [-0.05, 0) is 43.2 Å². The van der Waals surface area contributed by atoms with Gasteiger partial charge in [0.05, 0.1) is 19.4 Å². The van der Waals surface area contributed by atoms with Crippen LogP contribution in [0.1, 0.15) is 12.8 Å². The maximum Gasteiger partial charge on any atom is 0.253 e. The fraction of sp³-hybridized carbons (Fsp3) is 0.333. The van der Waals surface area contributed by atoms with Gasteiger partial charge in [-0.15, -0.1) is 11.3 Å². The summed E-state index contributed by atoms with van der Waals surface area (Å²) < 4.78 is 54.0. The van der Waals surface area contributed by atoms with E-state index >= 15 is 0 Å².